The van der Waals surface area contributed by atoms with Crippen LogP contribution in [0.1, 0.15) is 20.3 Å². The fraction of sp³-hybridized carbons (Fsp3) is 0.846. The number of amides is 2. The van der Waals surface area contributed by atoms with E-state index in [0.29, 0.717) is 19.8 Å². The molecular formula is C13H27N3O4. The first-order valence-electron chi connectivity index (χ1n) is 6.83. The van der Waals surface area contributed by atoms with Crippen molar-refractivity contribution < 1.29 is 19.4 Å². The number of nitrogens with one attached hydrogen (secondary N) is 1. The zero-order valence-corrected chi connectivity index (χ0v) is 12.9. The van der Waals surface area contributed by atoms with Crippen molar-refractivity contribution >= 4 is 12.0 Å². The number of likely N-dealkylation sites (N-methyl/N-ethyl adjacent to an activating group) is 1. The second kappa shape index (κ2) is 10.4. The molecule has 0 unspecified atom stereocenters. The summed E-state index contributed by atoms with van der Waals surface area (Å²) in [6.45, 7) is 6.25. The van der Waals surface area contributed by atoms with Gasteiger partial charge in [-0.05, 0) is 27.9 Å². The first kappa shape index (κ1) is 18.7. The van der Waals surface area contributed by atoms with E-state index in [9.17, 15) is 9.59 Å². The highest BCUT2D eigenvalue weighted by atomic mass is 16.5. The van der Waals surface area contributed by atoms with Gasteiger partial charge in [-0.3, -0.25) is 4.79 Å². The van der Waals surface area contributed by atoms with Gasteiger partial charge in [0.1, 0.15) is 0 Å². The smallest absolute Gasteiger partial charge is 0.317 e. The summed E-state index contributed by atoms with van der Waals surface area (Å²) in [6, 6.07) is -0.290. The number of urea groups is 1. The molecule has 0 aliphatic rings. The maximum absolute atomic E-state index is 11.9. The van der Waals surface area contributed by atoms with Crippen LogP contribution in [0.4, 0.5) is 4.79 Å². The summed E-state index contributed by atoms with van der Waals surface area (Å²) in [5, 5.41) is 11.4. The summed E-state index contributed by atoms with van der Waals surface area (Å²) in [4.78, 5) is 26.0. The van der Waals surface area contributed by atoms with E-state index in [0.717, 1.165) is 6.54 Å². The van der Waals surface area contributed by atoms with E-state index < -0.39 is 5.97 Å². The van der Waals surface area contributed by atoms with E-state index in [2.05, 4.69) is 5.32 Å². The van der Waals surface area contributed by atoms with Crippen molar-refractivity contribution in [2.24, 2.45) is 0 Å². The molecule has 118 valence electrons. The van der Waals surface area contributed by atoms with Crippen LogP contribution in [-0.2, 0) is 9.53 Å². The van der Waals surface area contributed by atoms with E-state index in [4.69, 9.17) is 9.84 Å². The van der Waals surface area contributed by atoms with Gasteiger partial charge in [0.05, 0.1) is 19.6 Å². The Labute approximate surface area is 120 Å². The maximum Gasteiger partial charge on any atom is 0.317 e. The lowest BCUT2D eigenvalue weighted by Gasteiger charge is -2.26. The zero-order chi connectivity index (χ0) is 15.5. The molecule has 0 spiro atoms. The minimum Gasteiger partial charge on any atom is -0.481 e. The molecule has 0 aliphatic carbocycles. The number of ether oxygens (including phenoxy) is 1. The van der Waals surface area contributed by atoms with Crippen LogP contribution in [0.15, 0.2) is 0 Å². The highest BCUT2D eigenvalue weighted by Gasteiger charge is 2.17. The predicted molar refractivity (Wildman–Crippen MR) is 76.9 cm³/mol. The average molecular weight is 289 g/mol. The van der Waals surface area contributed by atoms with Gasteiger partial charge in [-0.2, -0.15) is 0 Å². The Hall–Kier alpha value is -1.34. The fourth-order valence-electron chi connectivity index (χ4n) is 1.49. The van der Waals surface area contributed by atoms with Crippen LogP contribution in [0.2, 0.25) is 0 Å². The number of carbonyl (C=O) groups excluding carboxylic acids is 1. The first-order valence-corrected chi connectivity index (χ1v) is 6.83. The molecule has 0 atom stereocenters. The van der Waals surface area contributed by atoms with Crippen LogP contribution < -0.4 is 5.32 Å². The Morgan fingerprint density at radius 1 is 1.20 bits per heavy atom. The Kier molecular flexibility index (Phi) is 9.75. The third-order valence-corrected chi connectivity index (χ3v) is 2.66. The SMILES string of the molecule is CC(C)N(CCC(=O)O)C(=O)NCCOCCN(C)C. The molecule has 0 aromatic rings. The second-order valence-electron chi connectivity index (χ2n) is 5.08. The lowest BCUT2D eigenvalue weighted by Crippen LogP contribution is -2.45. The van der Waals surface area contributed by atoms with Gasteiger partial charge in [-0.25, -0.2) is 4.79 Å². The van der Waals surface area contributed by atoms with Gasteiger partial charge >= 0.3 is 12.0 Å². The number of carboxylic acid groups (broad SMARTS) is 1. The molecule has 0 heterocycles. The largest absolute Gasteiger partial charge is 0.481 e. The maximum atomic E-state index is 11.9. The standard InChI is InChI=1S/C13H27N3O4/c1-11(2)16(7-5-12(17)18)13(19)14-6-9-20-10-8-15(3)4/h11H,5-10H2,1-4H3,(H,14,19)(H,17,18). The molecule has 0 aliphatic heterocycles. The quantitative estimate of drug-likeness (QED) is 0.571. The Morgan fingerprint density at radius 3 is 2.35 bits per heavy atom. The Morgan fingerprint density at radius 2 is 1.85 bits per heavy atom. The van der Waals surface area contributed by atoms with Crippen molar-refractivity contribution in [1.29, 1.82) is 0 Å². The number of nitrogens with zero attached hydrogens (tertiary/aromatic N) is 2. The van der Waals surface area contributed by atoms with Crippen molar-refractivity contribution in [3.8, 4) is 0 Å². The number of carbonyl (C=O) groups is 2. The number of hydrogen-bond donors (Lipinski definition) is 2. The highest BCUT2D eigenvalue weighted by molar-refractivity contribution is 5.75. The zero-order valence-electron chi connectivity index (χ0n) is 12.9. The summed E-state index contributed by atoms with van der Waals surface area (Å²) >= 11 is 0. The Bertz CT molecular complexity index is 295. The monoisotopic (exact) mass is 289 g/mol. The molecule has 7 heteroatoms. The lowest BCUT2D eigenvalue weighted by molar-refractivity contribution is -0.137. The highest BCUT2D eigenvalue weighted by Crippen LogP contribution is 2.00. The van der Waals surface area contributed by atoms with Gasteiger partial charge in [0, 0.05) is 25.7 Å². The summed E-state index contributed by atoms with van der Waals surface area (Å²) in [7, 11) is 3.93. The molecule has 2 N–H and O–H groups in total. The summed E-state index contributed by atoms with van der Waals surface area (Å²) in [5.74, 6) is -0.907. The van der Waals surface area contributed by atoms with Crippen molar-refractivity contribution in [3.63, 3.8) is 0 Å². The summed E-state index contributed by atoms with van der Waals surface area (Å²) in [6.07, 6.45) is -0.0507. The molecule has 0 fully saturated rings. The molecule has 20 heavy (non-hydrogen) atoms. The summed E-state index contributed by atoms with van der Waals surface area (Å²) < 4.78 is 5.36. The number of rotatable bonds is 10. The van der Waals surface area contributed by atoms with Gasteiger partial charge < -0.3 is 25.0 Å². The van der Waals surface area contributed by atoms with Gasteiger partial charge in [-0.1, -0.05) is 0 Å². The van der Waals surface area contributed by atoms with E-state index in [1.54, 1.807) is 0 Å². The van der Waals surface area contributed by atoms with Crippen molar-refractivity contribution in [1.82, 2.24) is 15.1 Å². The first-order chi connectivity index (χ1) is 9.34. The molecule has 7 nitrogen and oxygen atoms in total. The minimum absolute atomic E-state index is 0.0380. The number of carboxylic acids is 1. The number of hydrogen-bond acceptors (Lipinski definition) is 4. The predicted octanol–water partition coefficient (Wildman–Crippen LogP) is 0.459. The molecule has 0 aromatic heterocycles. The molecule has 0 bridgehead atoms. The lowest BCUT2D eigenvalue weighted by atomic mass is 10.3. The van der Waals surface area contributed by atoms with Crippen LogP contribution in [0.5, 0.6) is 0 Å². The van der Waals surface area contributed by atoms with E-state index in [1.165, 1.54) is 4.90 Å². The topological polar surface area (TPSA) is 82.1 Å². The molecular weight excluding hydrogens is 262 g/mol. The molecule has 0 rings (SSSR count). The van der Waals surface area contributed by atoms with E-state index in [-0.39, 0.29) is 25.0 Å². The van der Waals surface area contributed by atoms with Crippen molar-refractivity contribution in [2.45, 2.75) is 26.3 Å². The van der Waals surface area contributed by atoms with Gasteiger partial charge in [-0.15, -0.1) is 0 Å². The molecule has 0 saturated carbocycles. The molecule has 0 saturated heterocycles. The van der Waals surface area contributed by atoms with Crippen LogP contribution in [-0.4, -0.2) is 79.9 Å². The molecule has 2 amide bonds. The van der Waals surface area contributed by atoms with Crippen LogP contribution >= 0.6 is 0 Å². The van der Waals surface area contributed by atoms with E-state index in [1.807, 2.05) is 32.8 Å². The third kappa shape index (κ3) is 9.57. The van der Waals surface area contributed by atoms with Crippen LogP contribution in [0, 0.1) is 0 Å². The molecule has 0 aromatic carbocycles. The average Bonchev–Trinajstić information content (AvgIpc) is 2.32. The molecule has 0 radical (unpaired) electrons. The second-order valence-corrected chi connectivity index (χ2v) is 5.08. The van der Waals surface area contributed by atoms with Crippen molar-refractivity contribution in [2.75, 3.05) is 46.9 Å². The van der Waals surface area contributed by atoms with Crippen LogP contribution in [0.25, 0.3) is 0 Å². The van der Waals surface area contributed by atoms with Crippen molar-refractivity contribution in [3.05, 3.63) is 0 Å². The number of aliphatic carboxylic acids is 1. The van der Waals surface area contributed by atoms with Gasteiger partial charge in [0.15, 0.2) is 0 Å². The van der Waals surface area contributed by atoms with Crippen LogP contribution in [0.3, 0.4) is 0 Å². The third-order valence-electron chi connectivity index (χ3n) is 2.66. The fourth-order valence-corrected chi connectivity index (χ4v) is 1.49. The summed E-state index contributed by atoms with van der Waals surface area (Å²) in [5.41, 5.74) is 0. The normalized spacial score (nSPS) is 10.9. The van der Waals surface area contributed by atoms with Gasteiger partial charge in [0.25, 0.3) is 0 Å². The minimum atomic E-state index is -0.907. The van der Waals surface area contributed by atoms with E-state index >= 15 is 0 Å². The van der Waals surface area contributed by atoms with Gasteiger partial charge in [0.2, 0.25) is 0 Å². The Balaban J connectivity index is 3.87.